The molecule has 2 aromatic rings. The number of nitrogens with zero attached hydrogens (tertiary/aromatic N) is 1. The highest BCUT2D eigenvalue weighted by Gasteiger charge is 2.10. The van der Waals surface area contributed by atoms with Crippen LogP contribution in [0.2, 0.25) is 0 Å². The number of hydrogen-bond acceptors (Lipinski definition) is 4. The summed E-state index contributed by atoms with van der Waals surface area (Å²) in [6, 6.07) is 11.4. The summed E-state index contributed by atoms with van der Waals surface area (Å²) in [6.45, 7) is 2.74. The first-order chi connectivity index (χ1) is 11.1. The Hall–Kier alpha value is -2.08. The number of aryl methyl sites for hydroxylation is 1. The van der Waals surface area contributed by atoms with Gasteiger partial charge in [0.2, 0.25) is 0 Å². The van der Waals surface area contributed by atoms with E-state index in [1.54, 1.807) is 19.2 Å². The lowest BCUT2D eigenvalue weighted by molar-refractivity contribution is -0.143. The van der Waals surface area contributed by atoms with E-state index in [1.807, 2.05) is 30.3 Å². The van der Waals surface area contributed by atoms with Crippen LogP contribution in [0.3, 0.4) is 0 Å². The van der Waals surface area contributed by atoms with Crippen molar-refractivity contribution in [3.05, 3.63) is 63.0 Å². The Bertz CT molecular complexity index is 712. The van der Waals surface area contributed by atoms with E-state index < -0.39 is 0 Å². The fourth-order valence-electron chi connectivity index (χ4n) is 2.00. The van der Waals surface area contributed by atoms with E-state index in [2.05, 4.69) is 15.9 Å². The van der Waals surface area contributed by atoms with Crippen molar-refractivity contribution < 1.29 is 14.3 Å². The zero-order valence-corrected chi connectivity index (χ0v) is 14.4. The van der Waals surface area contributed by atoms with Crippen molar-refractivity contribution in [2.45, 2.75) is 26.5 Å². The number of ether oxygens (including phenoxy) is 2. The number of halogens is 1. The molecule has 0 saturated carbocycles. The maximum absolute atomic E-state index is 12.3. The molecular weight excluding hydrogens is 362 g/mol. The van der Waals surface area contributed by atoms with E-state index in [4.69, 9.17) is 9.47 Å². The van der Waals surface area contributed by atoms with Crippen molar-refractivity contribution in [1.29, 1.82) is 0 Å². The third-order valence-corrected chi connectivity index (χ3v) is 3.90. The van der Waals surface area contributed by atoms with Crippen LogP contribution in [-0.2, 0) is 22.7 Å². The first kappa shape index (κ1) is 17.3. The molecule has 1 heterocycles. The molecule has 1 aromatic heterocycles. The highest BCUT2D eigenvalue weighted by Crippen LogP contribution is 2.21. The third kappa shape index (κ3) is 4.96. The van der Waals surface area contributed by atoms with Crippen molar-refractivity contribution in [1.82, 2.24) is 4.57 Å². The lowest BCUT2D eigenvalue weighted by Gasteiger charge is -2.11. The van der Waals surface area contributed by atoms with Crippen molar-refractivity contribution in [2.75, 3.05) is 6.61 Å². The zero-order chi connectivity index (χ0) is 16.7. The Labute approximate surface area is 143 Å². The number of pyridine rings is 1. The van der Waals surface area contributed by atoms with Crippen LogP contribution in [0.15, 0.2) is 51.9 Å². The largest absolute Gasteiger partial charge is 0.487 e. The van der Waals surface area contributed by atoms with Crippen LogP contribution in [0, 0.1) is 0 Å². The molecule has 0 bridgehead atoms. The summed E-state index contributed by atoms with van der Waals surface area (Å²) in [4.78, 5) is 23.6. The van der Waals surface area contributed by atoms with Gasteiger partial charge in [0.05, 0.1) is 13.0 Å². The average molecular weight is 380 g/mol. The molecule has 23 heavy (non-hydrogen) atoms. The summed E-state index contributed by atoms with van der Waals surface area (Å²) in [7, 11) is 0. The van der Waals surface area contributed by atoms with Crippen molar-refractivity contribution in [2.24, 2.45) is 0 Å². The van der Waals surface area contributed by atoms with Crippen LogP contribution >= 0.6 is 15.9 Å². The molecule has 0 N–H and O–H groups in total. The Kier molecular flexibility index (Phi) is 6.40. The Balaban J connectivity index is 2.02. The predicted molar refractivity (Wildman–Crippen MR) is 90.4 cm³/mol. The van der Waals surface area contributed by atoms with Crippen molar-refractivity contribution in [3.8, 4) is 5.75 Å². The summed E-state index contributed by atoms with van der Waals surface area (Å²) in [5.74, 6) is 0.158. The molecule has 0 spiro atoms. The summed E-state index contributed by atoms with van der Waals surface area (Å²) < 4.78 is 12.3. The second-order valence-corrected chi connectivity index (χ2v) is 5.61. The SMILES string of the molecule is CCOC(=O)CCn1ccc(OCc2ccccc2)c(Br)c1=O. The number of carbonyl (C=O) groups is 1. The van der Waals surface area contributed by atoms with Gasteiger partial charge in [-0.05, 0) is 34.5 Å². The molecule has 0 atom stereocenters. The third-order valence-electron chi connectivity index (χ3n) is 3.17. The van der Waals surface area contributed by atoms with Gasteiger partial charge in [-0.25, -0.2) is 0 Å². The first-order valence-corrected chi connectivity index (χ1v) is 8.12. The molecule has 0 aliphatic carbocycles. The smallest absolute Gasteiger partial charge is 0.307 e. The molecule has 0 aliphatic rings. The monoisotopic (exact) mass is 379 g/mol. The van der Waals surface area contributed by atoms with E-state index in [0.717, 1.165) is 5.56 Å². The van der Waals surface area contributed by atoms with Gasteiger partial charge < -0.3 is 14.0 Å². The van der Waals surface area contributed by atoms with Gasteiger partial charge in [-0.1, -0.05) is 30.3 Å². The average Bonchev–Trinajstić information content (AvgIpc) is 2.56. The molecule has 0 radical (unpaired) electrons. The van der Waals surface area contributed by atoms with Gasteiger partial charge in [-0.3, -0.25) is 9.59 Å². The Morgan fingerprint density at radius 1 is 1.22 bits per heavy atom. The zero-order valence-electron chi connectivity index (χ0n) is 12.8. The number of rotatable bonds is 7. The van der Waals surface area contributed by atoms with Gasteiger partial charge in [-0.15, -0.1) is 0 Å². The summed E-state index contributed by atoms with van der Waals surface area (Å²) in [6.07, 6.45) is 1.77. The maximum atomic E-state index is 12.3. The van der Waals surface area contributed by atoms with E-state index in [1.165, 1.54) is 4.57 Å². The van der Waals surface area contributed by atoms with Crippen LogP contribution in [0.25, 0.3) is 0 Å². The minimum Gasteiger partial charge on any atom is -0.487 e. The van der Waals surface area contributed by atoms with Crippen LogP contribution in [-0.4, -0.2) is 17.1 Å². The van der Waals surface area contributed by atoms with Gasteiger partial charge >= 0.3 is 5.97 Å². The van der Waals surface area contributed by atoms with Crippen LogP contribution in [0.1, 0.15) is 18.9 Å². The normalized spacial score (nSPS) is 10.3. The van der Waals surface area contributed by atoms with Gasteiger partial charge in [-0.2, -0.15) is 0 Å². The molecule has 0 saturated heterocycles. The van der Waals surface area contributed by atoms with Crippen LogP contribution in [0.5, 0.6) is 5.75 Å². The van der Waals surface area contributed by atoms with Crippen molar-refractivity contribution in [3.63, 3.8) is 0 Å². The van der Waals surface area contributed by atoms with E-state index in [0.29, 0.717) is 23.4 Å². The van der Waals surface area contributed by atoms with E-state index in [9.17, 15) is 9.59 Å². The number of aromatic nitrogens is 1. The van der Waals surface area contributed by atoms with Gasteiger partial charge in [0.25, 0.3) is 5.56 Å². The van der Waals surface area contributed by atoms with Gasteiger partial charge in [0, 0.05) is 12.7 Å². The Morgan fingerprint density at radius 2 is 1.96 bits per heavy atom. The summed E-state index contributed by atoms with van der Waals surface area (Å²) in [5, 5.41) is 0. The maximum Gasteiger partial charge on any atom is 0.307 e. The molecule has 0 fully saturated rings. The predicted octanol–water partition coefficient (Wildman–Crippen LogP) is 3.14. The number of carbonyl (C=O) groups excluding carboxylic acids is 1. The second-order valence-electron chi connectivity index (χ2n) is 4.82. The lowest BCUT2D eigenvalue weighted by Crippen LogP contribution is -2.22. The minimum atomic E-state index is -0.320. The second kappa shape index (κ2) is 8.53. The first-order valence-electron chi connectivity index (χ1n) is 7.33. The lowest BCUT2D eigenvalue weighted by atomic mass is 10.2. The molecule has 0 aliphatic heterocycles. The fourth-order valence-corrected chi connectivity index (χ4v) is 2.47. The molecule has 6 heteroatoms. The highest BCUT2D eigenvalue weighted by molar-refractivity contribution is 9.10. The Morgan fingerprint density at radius 3 is 2.65 bits per heavy atom. The topological polar surface area (TPSA) is 57.5 Å². The van der Waals surface area contributed by atoms with E-state index >= 15 is 0 Å². The van der Waals surface area contributed by atoms with Gasteiger partial charge in [0.15, 0.2) is 0 Å². The molecule has 0 amide bonds. The standard InChI is InChI=1S/C17H18BrNO4/c1-2-22-15(20)9-11-19-10-8-14(16(18)17(19)21)23-12-13-6-4-3-5-7-13/h3-8,10H,2,9,11-12H2,1H3. The van der Waals surface area contributed by atoms with E-state index in [-0.39, 0.29) is 24.5 Å². The molecule has 1 aromatic carbocycles. The fraction of sp³-hybridized carbons (Fsp3) is 0.294. The van der Waals surface area contributed by atoms with Crippen LogP contribution in [0.4, 0.5) is 0 Å². The highest BCUT2D eigenvalue weighted by atomic mass is 79.9. The number of hydrogen-bond donors (Lipinski definition) is 0. The molecular formula is C17H18BrNO4. The minimum absolute atomic E-state index is 0.157. The number of benzene rings is 1. The van der Waals surface area contributed by atoms with Crippen LogP contribution < -0.4 is 10.3 Å². The number of esters is 1. The summed E-state index contributed by atoms with van der Waals surface area (Å²) >= 11 is 3.27. The molecule has 122 valence electrons. The van der Waals surface area contributed by atoms with Crippen molar-refractivity contribution >= 4 is 21.9 Å². The molecule has 5 nitrogen and oxygen atoms in total. The molecule has 2 rings (SSSR count). The quantitative estimate of drug-likeness (QED) is 0.693. The summed E-state index contributed by atoms with van der Waals surface area (Å²) in [5.41, 5.74) is 0.783. The molecule has 0 unspecified atom stereocenters. The van der Waals surface area contributed by atoms with Gasteiger partial charge in [0.1, 0.15) is 16.8 Å².